The van der Waals surface area contributed by atoms with Crippen molar-refractivity contribution in [1.82, 2.24) is 19.7 Å². The molecule has 11 heteroatoms. The quantitative estimate of drug-likeness (QED) is 0.421. The summed E-state index contributed by atoms with van der Waals surface area (Å²) in [5.41, 5.74) is 11.9. The van der Waals surface area contributed by atoms with Crippen LogP contribution in [0.5, 0.6) is 5.75 Å². The van der Waals surface area contributed by atoms with Crippen molar-refractivity contribution in [3.8, 4) is 16.9 Å². The van der Waals surface area contributed by atoms with Crippen molar-refractivity contribution in [2.45, 2.75) is 32.4 Å². The minimum Gasteiger partial charge on any atom is -0.488 e. The Hall–Kier alpha value is -2.52. The molecule has 0 saturated carbocycles. The van der Waals surface area contributed by atoms with Crippen LogP contribution in [0, 0.1) is 13.8 Å². The normalized spacial score (nSPS) is 18.6. The van der Waals surface area contributed by atoms with Gasteiger partial charge in [0, 0.05) is 30.9 Å². The lowest BCUT2D eigenvalue weighted by Gasteiger charge is -2.30. The molecule has 4 aromatic rings. The second-order valence-electron chi connectivity index (χ2n) is 8.37. The highest BCUT2D eigenvalue weighted by molar-refractivity contribution is 5.94. The smallest absolute Gasteiger partial charge is 0.207 e. The van der Waals surface area contributed by atoms with Crippen molar-refractivity contribution in [3.63, 3.8) is 0 Å². The van der Waals surface area contributed by atoms with Crippen LogP contribution in [0.2, 0.25) is 0 Å². The Bertz CT molecular complexity index is 1270. The lowest BCUT2D eigenvalue weighted by Crippen LogP contribution is -2.31. The van der Waals surface area contributed by atoms with Crippen molar-refractivity contribution in [2.24, 2.45) is 5.73 Å². The van der Waals surface area contributed by atoms with Gasteiger partial charge in [0.2, 0.25) is 5.95 Å². The van der Waals surface area contributed by atoms with Crippen LogP contribution in [0.25, 0.3) is 22.2 Å². The second kappa shape index (κ2) is 10.00. The highest BCUT2D eigenvalue weighted by atomic mass is 35.5. The van der Waals surface area contributed by atoms with Crippen LogP contribution in [-0.4, -0.2) is 45.4 Å². The van der Waals surface area contributed by atoms with Crippen LogP contribution in [0.15, 0.2) is 41.1 Å². The summed E-state index contributed by atoms with van der Waals surface area (Å²) in [6.45, 7) is 6.05. The van der Waals surface area contributed by atoms with Crippen LogP contribution < -0.4 is 15.4 Å². The van der Waals surface area contributed by atoms with Gasteiger partial charge in [-0.1, -0.05) is 11.2 Å². The summed E-state index contributed by atoms with van der Waals surface area (Å²) in [6.07, 6.45) is 2.79. The molecule has 5 heterocycles. The van der Waals surface area contributed by atoms with E-state index in [1.54, 1.807) is 0 Å². The Morgan fingerprint density at radius 3 is 2.56 bits per heavy atom. The number of pyridine rings is 1. The number of benzene rings is 1. The van der Waals surface area contributed by atoms with Crippen LogP contribution in [0.4, 0.5) is 5.95 Å². The number of aryl methyl sites for hydroxylation is 2. The molecule has 34 heavy (non-hydrogen) atoms. The zero-order valence-electron chi connectivity index (χ0n) is 18.8. The number of hydrogen-bond donors (Lipinski definition) is 1. The number of anilines is 1. The molecule has 6 rings (SSSR count). The number of hydrogen-bond acceptors (Lipinski definition) is 7. The van der Waals surface area contributed by atoms with Gasteiger partial charge in [0.1, 0.15) is 23.9 Å². The molecule has 1 fully saturated rings. The van der Waals surface area contributed by atoms with Crippen LogP contribution >= 0.6 is 37.2 Å². The molecule has 0 aliphatic carbocycles. The molecule has 0 spiro atoms. The third-order valence-electron chi connectivity index (χ3n) is 6.32. The molecule has 2 aliphatic rings. The van der Waals surface area contributed by atoms with Gasteiger partial charge in [0.15, 0.2) is 5.75 Å². The van der Waals surface area contributed by atoms with E-state index in [1.165, 1.54) is 0 Å². The van der Waals surface area contributed by atoms with Gasteiger partial charge in [-0.05, 0) is 44.5 Å². The molecular weight excluding hydrogens is 499 g/mol. The Morgan fingerprint density at radius 1 is 1.09 bits per heavy atom. The maximum absolute atomic E-state index is 6.41. The topological polar surface area (TPSA) is 95.2 Å². The van der Waals surface area contributed by atoms with Gasteiger partial charge >= 0.3 is 0 Å². The molecule has 182 valence electrons. The van der Waals surface area contributed by atoms with Crippen LogP contribution in [0.3, 0.4) is 0 Å². The summed E-state index contributed by atoms with van der Waals surface area (Å²) in [4.78, 5) is 11.9. The molecule has 0 bridgehead atoms. The van der Waals surface area contributed by atoms with E-state index in [4.69, 9.17) is 20.0 Å². The van der Waals surface area contributed by atoms with E-state index in [9.17, 15) is 0 Å². The summed E-state index contributed by atoms with van der Waals surface area (Å²) in [5, 5.41) is 4.14. The fraction of sp³-hybridized carbons (Fsp3) is 0.348. The van der Waals surface area contributed by atoms with Gasteiger partial charge in [0.05, 0.1) is 22.5 Å². The molecule has 2 aliphatic heterocycles. The summed E-state index contributed by atoms with van der Waals surface area (Å²) >= 11 is 0. The minimum absolute atomic E-state index is 0. The summed E-state index contributed by atoms with van der Waals surface area (Å²) in [5.74, 6) is 2.53. The maximum atomic E-state index is 6.41. The van der Waals surface area contributed by atoms with Crippen molar-refractivity contribution in [2.75, 3.05) is 24.6 Å². The number of rotatable bonds is 3. The second-order valence-corrected chi connectivity index (χ2v) is 8.37. The first-order valence-corrected chi connectivity index (χ1v) is 10.6. The van der Waals surface area contributed by atoms with Crippen molar-refractivity contribution in [3.05, 3.63) is 53.7 Å². The van der Waals surface area contributed by atoms with E-state index in [0.29, 0.717) is 6.61 Å². The Kier molecular flexibility index (Phi) is 7.67. The molecule has 8 nitrogen and oxygen atoms in total. The maximum Gasteiger partial charge on any atom is 0.207 e. The Labute approximate surface area is 216 Å². The molecule has 3 aromatic heterocycles. The summed E-state index contributed by atoms with van der Waals surface area (Å²) < 4.78 is 14.1. The van der Waals surface area contributed by atoms with E-state index < -0.39 is 0 Å². The van der Waals surface area contributed by atoms with E-state index >= 15 is 0 Å². The predicted octanol–water partition coefficient (Wildman–Crippen LogP) is 4.49. The minimum atomic E-state index is -0.0644. The predicted molar refractivity (Wildman–Crippen MR) is 139 cm³/mol. The monoisotopic (exact) mass is 524 g/mol. The molecule has 0 unspecified atom stereocenters. The molecule has 2 atom stereocenters. The van der Waals surface area contributed by atoms with Crippen LogP contribution in [-0.2, 0) is 0 Å². The van der Waals surface area contributed by atoms with Gasteiger partial charge in [0.25, 0.3) is 0 Å². The SMILES string of the molecule is Cc1noc(C)c1-c1ccc2nc(N3CC[C@@H](N)C3)n3c2c1OC[C@@H]3c1ccccn1.Cl.Cl.Cl. The third kappa shape index (κ3) is 3.98. The molecule has 2 N–H and O–H groups in total. The van der Waals surface area contributed by atoms with Gasteiger partial charge in [-0.2, -0.15) is 0 Å². The molecule has 1 saturated heterocycles. The fourth-order valence-electron chi connectivity index (χ4n) is 4.87. The van der Waals surface area contributed by atoms with Gasteiger partial charge in [-0.3, -0.25) is 9.55 Å². The molecule has 0 radical (unpaired) electrons. The highest BCUT2D eigenvalue weighted by Gasteiger charge is 2.34. The third-order valence-corrected chi connectivity index (χ3v) is 6.32. The first kappa shape index (κ1) is 26.1. The molecule has 1 aromatic carbocycles. The highest BCUT2D eigenvalue weighted by Crippen LogP contribution is 2.45. The zero-order chi connectivity index (χ0) is 21.1. The molecule has 0 amide bonds. The van der Waals surface area contributed by atoms with E-state index in [1.807, 2.05) is 38.2 Å². The van der Waals surface area contributed by atoms with Crippen LogP contribution in [0.1, 0.15) is 29.6 Å². The fourth-order valence-corrected chi connectivity index (χ4v) is 4.87. The van der Waals surface area contributed by atoms with Gasteiger partial charge in [-0.15, -0.1) is 37.2 Å². The average molecular weight is 526 g/mol. The lowest BCUT2D eigenvalue weighted by atomic mass is 10.0. The molecular formula is C23H27Cl3N6O2. The number of ether oxygens (including phenoxy) is 1. The standard InChI is InChI=1S/C23H24N6O2.3ClH/c1-13-20(14(2)31-27-13)16-6-7-18-21-22(16)30-12-19(17-5-3-4-9-25-17)29(21)23(26-18)28-10-8-15(24)11-28;;;/h3-7,9,15,19H,8,10-12,24H2,1-2H3;3*1H/t15-,19-;;;/m1.../s1. The van der Waals surface area contributed by atoms with Crippen molar-refractivity contribution < 1.29 is 9.26 Å². The van der Waals surface area contributed by atoms with Crippen molar-refractivity contribution >= 4 is 54.2 Å². The number of aromatic nitrogens is 4. The van der Waals surface area contributed by atoms with Gasteiger partial charge in [-0.25, -0.2) is 4.98 Å². The number of imidazole rings is 1. The first-order chi connectivity index (χ1) is 15.1. The summed E-state index contributed by atoms with van der Waals surface area (Å²) in [7, 11) is 0. The number of nitrogens with zero attached hydrogens (tertiary/aromatic N) is 5. The Morgan fingerprint density at radius 2 is 1.91 bits per heavy atom. The lowest BCUT2D eigenvalue weighted by molar-refractivity contribution is 0.258. The van der Waals surface area contributed by atoms with Gasteiger partial charge < -0.3 is 19.9 Å². The number of nitrogens with two attached hydrogens (primary N) is 1. The first-order valence-electron chi connectivity index (χ1n) is 10.6. The van der Waals surface area contributed by atoms with E-state index in [-0.39, 0.29) is 49.3 Å². The zero-order valence-corrected chi connectivity index (χ0v) is 21.3. The largest absolute Gasteiger partial charge is 0.488 e. The van der Waals surface area contributed by atoms with E-state index in [2.05, 4.69) is 31.7 Å². The number of halogens is 3. The average Bonchev–Trinajstić information content (AvgIpc) is 3.48. The Balaban J connectivity index is 0.00000108. The van der Waals surface area contributed by atoms with E-state index in [0.717, 1.165) is 70.5 Å². The summed E-state index contributed by atoms with van der Waals surface area (Å²) in [6, 6.07) is 10.2. The van der Waals surface area contributed by atoms with Crippen molar-refractivity contribution in [1.29, 1.82) is 0 Å².